The van der Waals surface area contributed by atoms with Crippen molar-refractivity contribution in [2.24, 2.45) is 5.73 Å². The molecule has 1 heterocycles. The zero-order valence-corrected chi connectivity index (χ0v) is 11.8. The summed E-state index contributed by atoms with van der Waals surface area (Å²) in [5, 5.41) is 0. The van der Waals surface area contributed by atoms with Crippen LogP contribution < -0.4 is 10.6 Å². The summed E-state index contributed by atoms with van der Waals surface area (Å²) in [5.74, 6) is 0.0456. The van der Waals surface area contributed by atoms with Crippen molar-refractivity contribution < 1.29 is 4.79 Å². The Balaban J connectivity index is 0.00000162. The maximum Gasteiger partial charge on any atom is 0.246 e. The van der Waals surface area contributed by atoms with E-state index in [9.17, 15) is 4.79 Å². The van der Waals surface area contributed by atoms with Crippen molar-refractivity contribution in [3.8, 4) is 0 Å². The van der Waals surface area contributed by atoms with Crippen LogP contribution in [0.25, 0.3) is 0 Å². The molecule has 3 nitrogen and oxygen atoms in total. The number of benzene rings is 1. The number of hydrogen-bond acceptors (Lipinski definition) is 2. The molecule has 1 aromatic rings. The molecule has 1 amide bonds. The van der Waals surface area contributed by atoms with E-state index in [-0.39, 0.29) is 18.3 Å². The second-order valence-electron chi connectivity index (χ2n) is 5.00. The fourth-order valence-corrected chi connectivity index (χ4v) is 2.48. The Morgan fingerprint density at radius 3 is 2.78 bits per heavy atom. The normalized spacial score (nSPS) is 16.7. The number of hydrogen-bond donors (Lipinski definition) is 1. The van der Waals surface area contributed by atoms with Gasteiger partial charge < -0.3 is 10.6 Å². The Labute approximate surface area is 115 Å². The van der Waals surface area contributed by atoms with Gasteiger partial charge in [0.1, 0.15) is 0 Å². The smallest absolute Gasteiger partial charge is 0.246 e. The minimum Gasteiger partial charge on any atom is -0.318 e. The predicted octanol–water partition coefficient (Wildman–Crippen LogP) is 2.52. The second kappa shape index (κ2) is 5.72. The van der Waals surface area contributed by atoms with Gasteiger partial charge in [0.05, 0.1) is 5.54 Å². The number of para-hydroxylation sites is 1. The van der Waals surface area contributed by atoms with Crippen LogP contribution in [0.1, 0.15) is 32.3 Å². The molecule has 4 heteroatoms. The quantitative estimate of drug-likeness (QED) is 0.916. The Hall–Kier alpha value is -1.06. The first-order chi connectivity index (χ1) is 8.06. The first kappa shape index (κ1) is 15.0. The Morgan fingerprint density at radius 2 is 2.11 bits per heavy atom. The van der Waals surface area contributed by atoms with Crippen LogP contribution >= 0.6 is 12.4 Å². The summed E-state index contributed by atoms with van der Waals surface area (Å²) >= 11 is 0. The molecule has 0 saturated heterocycles. The third-order valence-corrected chi connectivity index (χ3v) is 3.39. The molecule has 0 aliphatic carbocycles. The SMILES string of the molecule is CCCC(C)(N)C(=O)N1CCc2ccccc21.Cl. The number of amides is 1. The molecule has 0 radical (unpaired) electrons. The number of rotatable bonds is 3. The molecule has 0 spiro atoms. The van der Waals surface area contributed by atoms with E-state index in [4.69, 9.17) is 5.73 Å². The molecule has 0 saturated carbocycles. The number of nitrogens with zero attached hydrogens (tertiary/aromatic N) is 1. The lowest BCUT2D eigenvalue weighted by molar-refractivity contribution is -0.123. The van der Waals surface area contributed by atoms with Gasteiger partial charge in [-0.15, -0.1) is 12.4 Å². The van der Waals surface area contributed by atoms with Gasteiger partial charge >= 0.3 is 0 Å². The van der Waals surface area contributed by atoms with Crippen molar-refractivity contribution in [1.82, 2.24) is 0 Å². The van der Waals surface area contributed by atoms with Crippen LogP contribution in [0.3, 0.4) is 0 Å². The molecule has 0 aromatic heterocycles. The lowest BCUT2D eigenvalue weighted by Gasteiger charge is -2.29. The van der Waals surface area contributed by atoms with Gasteiger partial charge in [-0.25, -0.2) is 0 Å². The fraction of sp³-hybridized carbons (Fsp3) is 0.500. The minimum absolute atomic E-state index is 0. The molecule has 1 aliphatic rings. The van der Waals surface area contributed by atoms with Crippen LogP contribution in [0, 0.1) is 0 Å². The largest absolute Gasteiger partial charge is 0.318 e. The van der Waals surface area contributed by atoms with Crippen LogP contribution in [-0.2, 0) is 11.2 Å². The van der Waals surface area contributed by atoms with Gasteiger partial charge in [0.25, 0.3) is 0 Å². The van der Waals surface area contributed by atoms with E-state index in [1.54, 1.807) is 0 Å². The van der Waals surface area contributed by atoms with Crippen molar-refractivity contribution in [1.29, 1.82) is 0 Å². The minimum atomic E-state index is -0.744. The molecular formula is C14H21ClN2O. The number of fused-ring (bicyclic) bond motifs is 1. The highest BCUT2D eigenvalue weighted by Gasteiger charge is 2.35. The van der Waals surface area contributed by atoms with Crippen molar-refractivity contribution in [3.63, 3.8) is 0 Å². The van der Waals surface area contributed by atoms with Crippen LogP contribution in [-0.4, -0.2) is 18.0 Å². The molecular weight excluding hydrogens is 248 g/mol. The number of anilines is 1. The van der Waals surface area contributed by atoms with E-state index in [1.165, 1.54) is 5.56 Å². The maximum atomic E-state index is 12.4. The average molecular weight is 269 g/mol. The monoisotopic (exact) mass is 268 g/mol. The van der Waals surface area contributed by atoms with Gasteiger partial charge in [-0.3, -0.25) is 4.79 Å². The Kier molecular flexibility index (Phi) is 4.77. The summed E-state index contributed by atoms with van der Waals surface area (Å²) in [5.41, 5.74) is 7.65. The maximum absolute atomic E-state index is 12.4. The van der Waals surface area contributed by atoms with Crippen molar-refractivity contribution in [2.45, 2.75) is 38.6 Å². The van der Waals surface area contributed by atoms with Gasteiger partial charge in [0, 0.05) is 12.2 Å². The first-order valence-corrected chi connectivity index (χ1v) is 6.25. The molecule has 0 fully saturated rings. The summed E-state index contributed by atoms with van der Waals surface area (Å²) in [4.78, 5) is 14.3. The van der Waals surface area contributed by atoms with Gasteiger partial charge in [0.15, 0.2) is 0 Å². The fourth-order valence-electron chi connectivity index (χ4n) is 2.48. The molecule has 2 rings (SSSR count). The van der Waals surface area contributed by atoms with Crippen LogP contribution in [0.2, 0.25) is 0 Å². The lowest BCUT2D eigenvalue weighted by atomic mass is 9.95. The first-order valence-electron chi connectivity index (χ1n) is 6.25. The second-order valence-corrected chi connectivity index (χ2v) is 5.00. The molecule has 0 bridgehead atoms. The molecule has 1 atom stereocenters. The highest BCUT2D eigenvalue weighted by molar-refractivity contribution is 6.01. The summed E-state index contributed by atoms with van der Waals surface area (Å²) in [7, 11) is 0. The van der Waals surface area contributed by atoms with E-state index in [2.05, 4.69) is 13.0 Å². The highest BCUT2D eigenvalue weighted by Crippen LogP contribution is 2.29. The van der Waals surface area contributed by atoms with Gasteiger partial charge in [0.2, 0.25) is 5.91 Å². The Morgan fingerprint density at radius 1 is 1.44 bits per heavy atom. The third-order valence-electron chi connectivity index (χ3n) is 3.39. The Bertz CT molecular complexity index is 432. The van der Waals surface area contributed by atoms with E-state index < -0.39 is 5.54 Å². The summed E-state index contributed by atoms with van der Waals surface area (Å²) in [6.45, 7) is 4.64. The summed E-state index contributed by atoms with van der Waals surface area (Å²) in [6, 6.07) is 8.07. The number of carbonyl (C=O) groups is 1. The molecule has 1 aliphatic heterocycles. The average Bonchev–Trinajstić information content (AvgIpc) is 2.71. The summed E-state index contributed by atoms with van der Waals surface area (Å²) in [6.07, 6.45) is 2.59. The molecule has 18 heavy (non-hydrogen) atoms. The van der Waals surface area contributed by atoms with Gasteiger partial charge in [-0.2, -0.15) is 0 Å². The molecule has 1 unspecified atom stereocenters. The van der Waals surface area contributed by atoms with E-state index in [0.29, 0.717) is 0 Å². The number of halogens is 1. The van der Waals surface area contributed by atoms with E-state index in [0.717, 1.165) is 31.5 Å². The topological polar surface area (TPSA) is 46.3 Å². The van der Waals surface area contributed by atoms with Gasteiger partial charge in [-0.05, 0) is 31.4 Å². The van der Waals surface area contributed by atoms with Crippen molar-refractivity contribution >= 4 is 24.0 Å². The molecule has 2 N–H and O–H groups in total. The number of nitrogens with two attached hydrogens (primary N) is 1. The van der Waals surface area contributed by atoms with Crippen molar-refractivity contribution in [2.75, 3.05) is 11.4 Å². The predicted molar refractivity (Wildman–Crippen MR) is 77.2 cm³/mol. The van der Waals surface area contributed by atoms with Crippen LogP contribution in [0.15, 0.2) is 24.3 Å². The van der Waals surface area contributed by atoms with Crippen LogP contribution in [0.5, 0.6) is 0 Å². The van der Waals surface area contributed by atoms with E-state index in [1.807, 2.05) is 30.0 Å². The zero-order chi connectivity index (χ0) is 12.5. The van der Waals surface area contributed by atoms with Gasteiger partial charge in [-0.1, -0.05) is 31.5 Å². The molecule has 1 aromatic carbocycles. The van der Waals surface area contributed by atoms with Crippen LogP contribution in [0.4, 0.5) is 5.69 Å². The lowest BCUT2D eigenvalue weighted by Crippen LogP contribution is -2.53. The summed E-state index contributed by atoms with van der Waals surface area (Å²) < 4.78 is 0. The standard InChI is InChI=1S/C14H20N2O.ClH/c1-3-9-14(2,15)13(17)16-10-8-11-6-4-5-7-12(11)16;/h4-7H,3,8-10,15H2,1-2H3;1H. The van der Waals surface area contributed by atoms with Crippen molar-refractivity contribution in [3.05, 3.63) is 29.8 Å². The highest BCUT2D eigenvalue weighted by atomic mass is 35.5. The molecule has 100 valence electrons. The third kappa shape index (κ3) is 2.68. The van der Waals surface area contributed by atoms with E-state index >= 15 is 0 Å². The zero-order valence-electron chi connectivity index (χ0n) is 11.0. The number of carbonyl (C=O) groups excluding carboxylic acids is 1.